The standard InChI is InChI=1S/C20H19N2O11S3.3Na.H2O4S/c1-4-34(24,25)17-10-15(32-2)14(9-16(17)33-3)21-22-19-18(36(29,30)31)8-11-7-12(35(26,27)28)5-6-13(11)20(19)23;;;;1-5(2,3)4/h5-10,23H,1,4H2,2-3H3,(H,26,27,28)(H,29,30,31);;;;(H2,1,2,3,4)/q-1;3*+1;/p-3. The second-order valence-electron chi connectivity index (χ2n) is 7.48. The molecule has 0 bridgehead atoms. The zero-order chi connectivity index (χ0) is 31.6. The third-order valence-electron chi connectivity index (χ3n) is 4.91. The second-order valence-corrected chi connectivity index (χ2v) is 13.1. The molecule has 0 radical (unpaired) electrons. The summed E-state index contributed by atoms with van der Waals surface area (Å²) in [5, 5.41) is 17.8. The molecule has 0 aromatic heterocycles. The molecule has 3 aromatic carbocycles. The van der Waals surface area contributed by atoms with E-state index in [-0.39, 0.29) is 122 Å². The molecule has 0 unspecified atom stereocenters. The molecule has 2 N–H and O–H groups in total. The van der Waals surface area contributed by atoms with Crippen molar-refractivity contribution in [2.24, 2.45) is 10.2 Å². The molecule has 0 aliphatic carbocycles. The molecule has 0 aliphatic rings. The summed E-state index contributed by atoms with van der Waals surface area (Å²) in [5.74, 6) is -1.61. The molecule has 0 fully saturated rings. The van der Waals surface area contributed by atoms with Crippen molar-refractivity contribution in [3.63, 3.8) is 0 Å². The van der Waals surface area contributed by atoms with E-state index in [1.54, 1.807) is 0 Å². The van der Waals surface area contributed by atoms with Crippen LogP contribution in [0.15, 0.2) is 61.3 Å². The van der Waals surface area contributed by atoms with Crippen LogP contribution in [0.2, 0.25) is 0 Å². The van der Waals surface area contributed by atoms with Gasteiger partial charge in [-0.3, -0.25) is 4.55 Å². The number of methoxy groups -OCH3 is 2. The van der Waals surface area contributed by atoms with Crippen LogP contribution in [0.3, 0.4) is 0 Å². The maximum Gasteiger partial charge on any atom is 1.00 e. The smallest absolute Gasteiger partial charge is 0.744 e. The molecule has 44 heavy (non-hydrogen) atoms. The van der Waals surface area contributed by atoms with Gasteiger partial charge in [-0.2, -0.15) is 0 Å². The third kappa shape index (κ3) is 12.3. The van der Waals surface area contributed by atoms with Gasteiger partial charge in [-0.05, 0) is 29.7 Å². The fraction of sp³-hybridized carbons (Fsp3) is 0.150. The zero-order valence-corrected chi connectivity index (χ0v) is 32.9. The number of benzene rings is 3. The summed E-state index contributed by atoms with van der Waals surface area (Å²) in [5.41, 5.74) is -0.940. The Bertz CT molecular complexity index is 1960. The van der Waals surface area contributed by atoms with Crippen LogP contribution in [0.1, 0.15) is 0 Å². The summed E-state index contributed by atoms with van der Waals surface area (Å²) in [4.78, 5) is -2.03. The van der Waals surface area contributed by atoms with Crippen LogP contribution in [-0.2, 0) is 40.5 Å². The number of phenolic OH excluding ortho intramolecular Hbond substituents is 1. The van der Waals surface area contributed by atoms with Gasteiger partial charge in [0.15, 0.2) is 15.6 Å². The Morgan fingerprint density at radius 3 is 1.73 bits per heavy atom. The largest absolute Gasteiger partial charge is 1.00 e. The predicted molar refractivity (Wildman–Crippen MR) is 135 cm³/mol. The zero-order valence-electron chi connectivity index (χ0n) is 23.6. The Kier molecular flexibility index (Phi) is 18.3. The Labute approximate surface area is 319 Å². The van der Waals surface area contributed by atoms with Crippen LogP contribution in [0, 0.1) is 6.92 Å². The number of ether oxygens (including phenoxy) is 2. The van der Waals surface area contributed by atoms with E-state index in [0.717, 1.165) is 36.4 Å². The Morgan fingerprint density at radius 1 is 0.773 bits per heavy atom. The number of azo groups is 1. The van der Waals surface area contributed by atoms with Crippen LogP contribution < -0.4 is 98.1 Å². The number of hydrogen-bond donors (Lipinski definition) is 2. The van der Waals surface area contributed by atoms with Crippen molar-refractivity contribution in [2.45, 2.75) is 14.7 Å². The van der Waals surface area contributed by atoms with Crippen molar-refractivity contribution in [1.29, 1.82) is 0 Å². The topological polar surface area (TPSA) is 289 Å². The first-order valence-corrected chi connectivity index (χ1v) is 16.1. The van der Waals surface area contributed by atoms with Crippen molar-refractivity contribution >= 4 is 62.6 Å². The van der Waals surface area contributed by atoms with E-state index in [9.17, 15) is 39.5 Å². The molecular formula is C20H18N2Na3O15S4-. The van der Waals surface area contributed by atoms with Gasteiger partial charge in [0.1, 0.15) is 48.0 Å². The SMILES string of the molecule is O=S(=O)([O-])O.[CH2-]CS(=O)(=O)c1cc(OC)c(N=Nc2c(S(=O)(=O)[O-])cc3cc(S(=O)(=O)[O-])ccc3c2O)cc1OC.[Na+].[Na+].[Na+]. The van der Waals surface area contributed by atoms with E-state index in [4.69, 9.17) is 27.0 Å². The third-order valence-corrected chi connectivity index (χ3v) is 8.11. The first-order chi connectivity index (χ1) is 18.6. The van der Waals surface area contributed by atoms with Gasteiger partial charge < -0.3 is 35.2 Å². The van der Waals surface area contributed by atoms with Crippen LogP contribution in [0.25, 0.3) is 10.8 Å². The quantitative estimate of drug-likeness (QED) is 0.0717. The fourth-order valence-electron chi connectivity index (χ4n) is 3.16. The molecule has 3 rings (SSSR count). The van der Waals surface area contributed by atoms with Crippen molar-refractivity contribution in [2.75, 3.05) is 20.0 Å². The molecule has 24 heteroatoms. The molecular weight excluding hydrogens is 705 g/mol. The maximum absolute atomic E-state index is 12.3. The van der Waals surface area contributed by atoms with Gasteiger partial charge in [0.2, 0.25) is 10.4 Å². The molecule has 0 amide bonds. The average molecular weight is 724 g/mol. The van der Waals surface area contributed by atoms with Gasteiger partial charge in [0.05, 0.1) is 24.0 Å². The summed E-state index contributed by atoms with van der Waals surface area (Å²) < 4.78 is 137. The van der Waals surface area contributed by atoms with Crippen molar-refractivity contribution < 1.29 is 155 Å². The molecule has 0 saturated carbocycles. The maximum atomic E-state index is 12.3. The first kappa shape index (κ1) is 45.7. The second kappa shape index (κ2) is 17.6. The van der Waals surface area contributed by atoms with Gasteiger partial charge in [-0.1, -0.05) is 5.75 Å². The Hall–Kier alpha value is -0.440. The monoisotopic (exact) mass is 723 g/mol. The van der Waals surface area contributed by atoms with E-state index in [0.29, 0.717) is 0 Å². The Balaban J connectivity index is 0. The summed E-state index contributed by atoms with van der Waals surface area (Å²) >= 11 is 0. The molecule has 3 aromatic rings. The van der Waals surface area contributed by atoms with E-state index in [1.165, 1.54) is 14.2 Å². The van der Waals surface area contributed by atoms with Crippen LogP contribution in [0.4, 0.5) is 11.4 Å². The minimum Gasteiger partial charge on any atom is -0.744 e. The molecule has 0 aliphatic heterocycles. The molecule has 0 spiro atoms. The predicted octanol–water partition coefficient (Wildman–Crippen LogP) is -7.59. The van der Waals surface area contributed by atoms with Crippen molar-refractivity contribution in [3.05, 3.63) is 43.3 Å². The Morgan fingerprint density at radius 2 is 1.30 bits per heavy atom. The number of aromatic hydroxyl groups is 1. The first-order valence-electron chi connectivity index (χ1n) is 10.2. The fourth-order valence-corrected chi connectivity index (χ4v) is 5.27. The molecule has 226 valence electrons. The van der Waals surface area contributed by atoms with Crippen LogP contribution in [-0.4, -0.2) is 77.0 Å². The van der Waals surface area contributed by atoms with E-state index in [2.05, 4.69) is 17.2 Å². The average Bonchev–Trinajstić information content (AvgIpc) is 2.85. The van der Waals surface area contributed by atoms with E-state index >= 15 is 0 Å². The van der Waals surface area contributed by atoms with Crippen LogP contribution in [0.5, 0.6) is 17.2 Å². The molecule has 0 atom stereocenters. The number of hydrogen-bond acceptors (Lipinski definition) is 16. The summed E-state index contributed by atoms with van der Waals surface area (Å²) in [7, 11) is -16.6. The minimum absolute atomic E-state index is 0. The number of nitrogens with zero attached hydrogens (tertiary/aromatic N) is 2. The van der Waals surface area contributed by atoms with Gasteiger partial charge in [0.25, 0.3) is 0 Å². The number of sulfone groups is 1. The van der Waals surface area contributed by atoms with E-state index < -0.39 is 67.5 Å². The summed E-state index contributed by atoms with van der Waals surface area (Å²) in [6.45, 7) is 3.36. The normalized spacial score (nSPS) is 11.8. The molecule has 0 saturated heterocycles. The minimum atomic E-state index is -5.29. The molecule has 17 nitrogen and oxygen atoms in total. The van der Waals surface area contributed by atoms with Crippen molar-refractivity contribution in [3.8, 4) is 17.2 Å². The number of phenols is 1. The van der Waals surface area contributed by atoms with E-state index in [1.807, 2.05) is 0 Å². The molecule has 0 heterocycles. The summed E-state index contributed by atoms with van der Waals surface area (Å²) in [6, 6.07) is 5.65. The van der Waals surface area contributed by atoms with Gasteiger partial charge >= 0.3 is 88.7 Å². The van der Waals surface area contributed by atoms with Crippen LogP contribution >= 0.6 is 0 Å². The van der Waals surface area contributed by atoms with Gasteiger partial charge in [-0.25, -0.2) is 33.7 Å². The van der Waals surface area contributed by atoms with Gasteiger partial charge in [0, 0.05) is 17.5 Å². The number of fused-ring (bicyclic) bond motifs is 1. The van der Waals surface area contributed by atoms with Crippen molar-refractivity contribution in [1.82, 2.24) is 0 Å². The number of rotatable bonds is 8. The van der Waals surface area contributed by atoms with Gasteiger partial charge in [-0.15, -0.1) is 10.2 Å². The summed E-state index contributed by atoms with van der Waals surface area (Å²) in [6.07, 6.45) is 0.